The molecule has 0 aliphatic carbocycles. The molecule has 1 unspecified atom stereocenters. The van der Waals surface area contributed by atoms with Crippen molar-refractivity contribution < 1.29 is 0 Å². The number of benzene rings is 1. The second-order valence-corrected chi connectivity index (χ2v) is 3.96. The van der Waals surface area contributed by atoms with Gasteiger partial charge in [0, 0.05) is 6.54 Å². The van der Waals surface area contributed by atoms with Crippen molar-refractivity contribution in [1.82, 2.24) is 10.2 Å². The Hall–Kier alpha value is -1.94. The Kier molecular flexibility index (Phi) is 3.67. The maximum atomic E-state index is 5.78. The Bertz CT molecular complexity index is 470. The molecule has 0 amide bonds. The van der Waals surface area contributed by atoms with Crippen molar-refractivity contribution in [2.75, 3.05) is 11.9 Å². The number of aromatic nitrogens is 2. The molecular formula is C13H16N4. The van der Waals surface area contributed by atoms with E-state index in [4.69, 9.17) is 5.73 Å². The molecule has 0 saturated carbocycles. The highest BCUT2D eigenvalue weighted by Gasteiger charge is 2.09. The fourth-order valence-corrected chi connectivity index (χ4v) is 1.68. The molecule has 2 aromatic rings. The first-order chi connectivity index (χ1) is 8.29. The number of nitrogens with zero attached hydrogens (tertiary/aromatic N) is 2. The highest BCUT2D eigenvalue weighted by atomic mass is 15.2. The molecule has 88 valence electrons. The van der Waals surface area contributed by atoms with E-state index < -0.39 is 0 Å². The molecule has 4 nitrogen and oxygen atoms in total. The normalized spacial score (nSPS) is 12.1. The van der Waals surface area contributed by atoms with E-state index in [9.17, 15) is 0 Å². The molecule has 4 heteroatoms. The van der Waals surface area contributed by atoms with Crippen LogP contribution in [0.15, 0.2) is 42.6 Å². The largest absolute Gasteiger partial charge is 0.360 e. The first kappa shape index (κ1) is 11.5. The van der Waals surface area contributed by atoms with Crippen LogP contribution in [0.2, 0.25) is 0 Å². The summed E-state index contributed by atoms with van der Waals surface area (Å²) in [5.74, 6) is 0.754. The van der Waals surface area contributed by atoms with Gasteiger partial charge in [0.2, 0.25) is 0 Å². The van der Waals surface area contributed by atoms with Gasteiger partial charge in [-0.3, -0.25) is 0 Å². The van der Waals surface area contributed by atoms with E-state index in [2.05, 4.69) is 15.5 Å². The van der Waals surface area contributed by atoms with Crippen molar-refractivity contribution in [1.29, 1.82) is 0 Å². The number of anilines is 1. The third kappa shape index (κ3) is 3.01. The molecule has 0 bridgehead atoms. The lowest BCUT2D eigenvalue weighted by Crippen LogP contribution is -2.21. The number of hydrogen-bond donors (Lipinski definition) is 2. The topological polar surface area (TPSA) is 63.8 Å². The van der Waals surface area contributed by atoms with E-state index in [1.807, 2.05) is 43.3 Å². The van der Waals surface area contributed by atoms with E-state index in [-0.39, 0.29) is 6.04 Å². The minimum absolute atomic E-state index is 0.0623. The van der Waals surface area contributed by atoms with Gasteiger partial charge >= 0.3 is 0 Å². The molecule has 1 aromatic carbocycles. The van der Waals surface area contributed by atoms with Crippen LogP contribution in [0, 0.1) is 6.92 Å². The van der Waals surface area contributed by atoms with Gasteiger partial charge in [-0.25, -0.2) is 0 Å². The van der Waals surface area contributed by atoms with E-state index in [0.717, 1.165) is 16.9 Å². The quantitative estimate of drug-likeness (QED) is 0.839. The summed E-state index contributed by atoms with van der Waals surface area (Å²) in [6, 6.07) is 12.1. The molecule has 1 heterocycles. The summed E-state index contributed by atoms with van der Waals surface area (Å²) >= 11 is 0. The second-order valence-electron chi connectivity index (χ2n) is 3.96. The molecule has 17 heavy (non-hydrogen) atoms. The zero-order valence-electron chi connectivity index (χ0n) is 9.80. The van der Waals surface area contributed by atoms with Crippen molar-refractivity contribution in [3.05, 3.63) is 53.7 Å². The average Bonchev–Trinajstić information content (AvgIpc) is 2.37. The fraction of sp³-hybridized carbons (Fsp3) is 0.231. The van der Waals surface area contributed by atoms with Gasteiger partial charge in [-0.2, -0.15) is 5.10 Å². The summed E-state index contributed by atoms with van der Waals surface area (Å²) in [6.45, 7) is 2.50. The van der Waals surface area contributed by atoms with Crippen LogP contribution in [0.1, 0.15) is 17.2 Å². The molecule has 2 rings (SSSR count). The van der Waals surface area contributed by atoms with Crippen LogP contribution in [-0.2, 0) is 0 Å². The molecule has 1 atom stereocenters. The Morgan fingerprint density at radius 2 is 2.06 bits per heavy atom. The number of hydrogen-bond acceptors (Lipinski definition) is 4. The number of rotatable bonds is 4. The van der Waals surface area contributed by atoms with Crippen LogP contribution in [0.4, 0.5) is 5.82 Å². The maximum absolute atomic E-state index is 5.78. The summed E-state index contributed by atoms with van der Waals surface area (Å²) in [5, 5.41) is 11.2. The van der Waals surface area contributed by atoms with Crippen LogP contribution >= 0.6 is 0 Å². The van der Waals surface area contributed by atoms with Crippen LogP contribution in [0.5, 0.6) is 0 Å². The minimum atomic E-state index is 0.0623. The number of nitrogens with two attached hydrogens (primary N) is 1. The molecule has 3 N–H and O–H groups in total. The Morgan fingerprint density at radius 1 is 1.29 bits per heavy atom. The highest BCUT2D eigenvalue weighted by molar-refractivity contribution is 5.39. The van der Waals surface area contributed by atoms with Crippen LogP contribution < -0.4 is 11.1 Å². The number of nitrogens with one attached hydrogen (secondary N) is 1. The average molecular weight is 228 g/mol. The Balaban J connectivity index is 2.16. The molecule has 0 aliphatic heterocycles. The zero-order chi connectivity index (χ0) is 12.1. The predicted octanol–water partition coefficient (Wildman–Crippen LogP) is 1.90. The summed E-state index contributed by atoms with van der Waals surface area (Å²) in [5.41, 5.74) is 8.01. The van der Waals surface area contributed by atoms with Gasteiger partial charge in [-0.05, 0) is 24.1 Å². The third-order valence-electron chi connectivity index (χ3n) is 2.55. The molecule has 0 radical (unpaired) electrons. The molecule has 0 saturated heterocycles. The monoisotopic (exact) mass is 228 g/mol. The van der Waals surface area contributed by atoms with E-state index in [0.29, 0.717) is 6.54 Å². The summed E-state index contributed by atoms with van der Waals surface area (Å²) in [7, 11) is 0. The second kappa shape index (κ2) is 5.41. The lowest BCUT2D eigenvalue weighted by Gasteiger charge is -2.17. The smallest absolute Gasteiger partial charge is 0.149 e. The van der Waals surface area contributed by atoms with E-state index >= 15 is 0 Å². The van der Waals surface area contributed by atoms with Crippen molar-refractivity contribution in [2.45, 2.75) is 13.0 Å². The summed E-state index contributed by atoms with van der Waals surface area (Å²) < 4.78 is 0. The standard InChI is InChI=1S/C13H16N4/c1-10-7-13(17-15-9-10)16-12(8-14)11-5-3-2-4-6-11/h2-7,9,12H,8,14H2,1H3,(H,16,17). The van der Waals surface area contributed by atoms with E-state index in [1.165, 1.54) is 0 Å². The first-order valence-electron chi connectivity index (χ1n) is 5.60. The Morgan fingerprint density at radius 3 is 2.71 bits per heavy atom. The molecule has 1 aromatic heterocycles. The zero-order valence-corrected chi connectivity index (χ0v) is 9.80. The van der Waals surface area contributed by atoms with Gasteiger partial charge < -0.3 is 11.1 Å². The molecule has 0 spiro atoms. The van der Waals surface area contributed by atoms with Crippen molar-refractivity contribution in [2.24, 2.45) is 5.73 Å². The van der Waals surface area contributed by atoms with Crippen LogP contribution in [0.25, 0.3) is 0 Å². The van der Waals surface area contributed by atoms with Gasteiger partial charge in [0.15, 0.2) is 0 Å². The van der Waals surface area contributed by atoms with Gasteiger partial charge in [-0.15, -0.1) is 5.10 Å². The molecule has 0 aliphatic rings. The van der Waals surface area contributed by atoms with E-state index in [1.54, 1.807) is 6.20 Å². The van der Waals surface area contributed by atoms with Gasteiger partial charge in [0.05, 0.1) is 12.2 Å². The summed E-state index contributed by atoms with van der Waals surface area (Å²) in [4.78, 5) is 0. The predicted molar refractivity (Wildman–Crippen MR) is 68.6 cm³/mol. The minimum Gasteiger partial charge on any atom is -0.360 e. The molecule has 0 fully saturated rings. The summed E-state index contributed by atoms with van der Waals surface area (Å²) in [6.07, 6.45) is 1.73. The van der Waals surface area contributed by atoms with Crippen molar-refractivity contribution in [3.63, 3.8) is 0 Å². The lowest BCUT2D eigenvalue weighted by molar-refractivity contribution is 0.778. The highest BCUT2D eigenvalue weighted by Crippen LogP contribution is 2.16. The first-order valence-corrected chi connectivity index (χ1v) is 5.60. The van der Waals surface area contributed by atoms with Crippen LogP contribution in [-0.4, -0.2) is 16.7 Å². The number of aryl methyl sites for hydroxylation is 1. The third-order valence-corrected chi connectivity index (χ3v) is 2.55. The fourth-order valence-electron chi connectivity index (χ4n) is 1.68. The van der Waals surface area contributed by atoms with Gasteiger partial charge in [-0.1, -0.05) is 30.3 Å². The molecular weight excluding hydrogens is 212 g/mol. The lowest BCUT2D eigenvalue weighted by atomic mass is 10.1. The van der Waals surface area contributed by atoms with Crippen molar-refractivity contribution >= 4 is 5.82 Å². The van der Waals surface area contributed by atoms with Crippen molar-refractivity contribution in [3.8, 4) is 0 Å². The SMILES string of the molecule is Cc1cnnc(NC(CN)c2ccccc2)c1. The van der Waals surface area contributed by atoms with Gasteiger partial charge in [0.1, 0.15) is 5.82 Å². The van der Waals surface area contributed by atoms with Crippen LogP contribution in [0.3, 0.4) is 0 Å². The van der Waals surface area contributed by atoms with Gasteiger partial charge in [0.25, 0.3) is 0 Å². The maximum Gasteiger partial charge on any atom is 0.149 e. The Labute approximate surface area is 101 Å².